The van der Waals surface area contributed by atoms with Crippen LogP contribution in [0.3, 0.4) is 0 Å². The van der Waals surface area contributed by atoms with E-state index in [1.807, 2.05) is 12.1 Å². The lowest BCUT2D eigenvalue weighted by Gasteiger charge is -2.44. The number of halogens is 1. The molecule has 0 saturated carbocycles. The van der Waals surface area contributed by atoms with Crippen molar-refractivity contribution >= 4 is 15.9 Å². The second-order valence-corrected chi connectivity index (χ2v) is 11.2. The number of piperidine rings is 1. The third kappa shape index (κ3) is 4.56. The summed E-state index contributed by atoms with van der Waals surface area (Å²) >= 11 is 0. The van der Waals surface area contributed by atoms with Crippen molar-refractivity contribution in [1.82, 2.24) is 14.9 Å². The summed E-state index contributed by atoms with van der Waals surface area (Å²) in [5, 5.41) is 7.04. The van der Waals surface area contributed by atoms with Gasteiger partial charge in [0, 0.05) is 26.2 Å². The number of aliphatic imine (C=N–C) groups is 1. The highest BCUT2D eigenvalue weighted by Gasteiger charge is 2.43. The minimum Gasteiger partial charge on any atom is -0.368 e. The Hall–Kier alpha value is -2.29. The second-order valence-electron chi connectivity index (χ2n) is 9.26. The Labute approximate surface area is 195 Å². The molecule has 1 fully saturated rings. The molecule has 8 heteroatoms. The van der Waals surface area contributed by atoms with Gasteiger partial charge in [-0.15, -0.1) is 0 Å². The van der Waals surface area contributed by atoms with Crippen LogP contribution in [0.2, 0.25) is 0 Å². The van der Waals surface area contributed by atoms with Crippen LogP contribution in [0.15, 0.2) is 52.4 Å². The number of hydrogen-bond acceptors (Lipinski definition) is 5. The van der Waals surface area contributed by atoms with E-state index in [1.165, 1.54) is 29.7 Å². The van der Waals surface area contributed by atoms with Crippen LogP contribution in [0, 0.1) is 5.82 Å². The van der Waals surface area contributed by atoms with E-state index >= 15 is 0 Å². The predicted octanol–water partition coefficient (Wildman–Crippen LogP) is 3.02. The van der Waals surface area contributed by atoms with Crippen molar-refractivity contribution in [2.45, 2.75) is 55.5 Å². The Bertz CT molecular complexity index is 1140. The Balaban J connectivity index is 1.28. The monoisotopic (exact) mass is 470 g/mol. The number of aryl methyl sites for hydroxylation is 2. The standard InChI is InChI=1S/C25H31FN4O2S/c26-22-8-5-19(6-9-22)18-28-24-25(29-14-13-27-24)11-15-30(16-12-25)33(31,32)23-10-7-20-3-1-2-4-21(20)17-23/h5-10,17,29H,1-4,11-16,18H2,(H,27,28). The lowest BCUT2D eigenvalue weighted by molar-refractivity contribution is 0.241. The maximum atomic E-state index is 13.4. The molecular formula is C25H31FN4O2S. The minimum atomic E-state index is -3.52. The SMILES string of the molecule is O=S(=O)(c1ccc2c(c1)CCCC2)N1CCC2(CC1)NCCN=C2NCc1ccc(F)cc1. The number of fused-ring (bicyclic) bond motifs is 1. The largest absolute Gasteiger partial charge is 0.368 e. The Morgan fingerprint density at radius 3 is 2.52 bits per heavy atom. The maximum Gasteiger partial charge on any atom is 0.243 e. The van der Waals surface area contributed by atoms with E-state index in [4.69, 9.17) is 4.99 Å². The summed E-state index contributed by atoms with van der Waals surface area (Å²) < 4.78 is 41.6. The summed E-state index contributed by atoms with van der Waals surface area (Å²) in [6.07, 6.45) is 5.63. The smallest absolute Gasteiger partial charge is 0.243 e. The van der Waals surface area contributed by atoms with Gasteiger partial charge in [0.05, 0.1) is 17.0 Å². The number of hydrogen-bond donors (Lipinski definition) is 2. The molecule has 0 bridgehead atoms. The fraction of sp³-hybridized carbons (Fsp3) is 0.480. The number of nitrogens with zero attached hydrogens (tertiary/aromatic N) is 2. The molecule has 1 spiro atoms. The zero-order valence-corrected chi connectivity index (χ0v) is 19.6. The first-order chi connectivity index (χ1) is 16.0. The molecule has 2 aromatic rings. The molecule has 0 aromatic heterocycles. The molecule has 0 unspecified atom stereocenters. The first-order valence-corrected chi connectivity index (χ1v) is 13.3. The van der Waals surface area contributed by atoms with Gasteiger partial charge in [0.25, 0.3) is 0 Å². The summed E-state index contributed by atoms with van der Waals surface area (Å²) in [5.41, 5.74) is 3.11. The molecule has 2 aliphatic heterocycles. The molecule has 0 radical (unpaired) electrons. The summed E-state index contributed by atoms with van der Waals surface area (Å²) in [4.78, 5) is 5.15. The number of benzene rings is 2. The Morgan fingerprint density at radius 2 is 1.76 bits per heavy atom. The van der Waals surface area contributed by atoms with Crippen molar-refractivity contribution in [2.24, 2.45) is 4.99 Å². The van der Waals surface area contributed by atoms with Gasteiger partial charge in [-0.25, -0.2) is 12.8 Å². The molecule has 3 aliphatic rings. The van der Waals surface area contributed by atoms with Gasteiger partial charge in [0.15, 0.2) is 0 Å². The van der Waals surface area contributed by atoms with Crippen LogP contribution in [0.5, 0.6) is 0 Å². The lowest BCUT2D eigenvalue weighted by Crippen LogP contribution is -2.64. The van der Waals surface area contributed by atoms with Gasteiger partial charge in [0.1, 0.15) is 11.7 Å². The van der Waals surface area contributed by atoms with Gasteiger partial charge >= 0.3 is 0 Å². The van der Waals surface area contributed by atoms with E-state index in [0.717, 1.165) is 37.2 Å². The van der Waals surface area contributed by atoms with E-state index in [2.05, 4.69) is 10.6 Å². The number of sulfonamides is 1. The van der Waals surface area contributed by atoms with Crippen LogP contribution in [0.1, 0.15) is 42.4 Å². The highest BCUT2D eigenvalue weighted by atomic mass is 32.2. The Kier molecular flexibility index (Phi) is 6.24. The quantitative estimate of drug-likeness (QED) is 0.721. The highest BCUT2D eigenvalue weighted by Crippen LogP contribution is 2.31. The fourth-order valence-corrected chi connectivity index (χ4v) is 6.74. The molecule has 6 nitrogen and oxygen atoms in total. The van der Waals surface area contributed by atoms with Crippen LogP contribution in [-0.2, 0) is 29.4 Å². The van der Waals surface area contributed by atoms with Gasteiger partial charge < -0.3 is 10.6 Å². The first-order valence-electron chi connectivity index (χ1n) is 11.9. The number of nitrogens with one attached hydrogen (secondary N) is 2. The number of amidine groups is 1. The van der Waals surface area contributed by atoms with Crippen LogP contribution >= 0.6 is 0 Å². The van der Waals surface area contributed by atoms with Gasteiger partial charge in [-0.2, -0.15) is 4.31 Å². The average Bonchev–Trinajstić information content (AvgIpc) is 2.84. The fourth-order valence-electron chi connectivity index (χ4n) is 5.25. The molecule has 1 aliphatic carbocycles. The molecule has 176 valence electrons. The van der Waals surface area contributed by atoms with Gasteiger partial charge in [-0.3, -0.25) is 4.99 Å². The zero-order valence-electron chi connectivity index (χ0n) is 18.8. The topological polar surface area (TPSA) is 73.8 Å². The summed E-state index contributed by atoms with van der Waals surface area (Å²) in [5.74, 6) is 0.628. The van der Waals surface area contributed by atoms with Crippen LogP contribution < -0.4 is 10.6 Å². The molecule has 0 amide bonds. The second kappa shape index (κ2) is 9.16. The molecule has 2 N–H and O–H groups in total. The summed E-state index contributed by atoms with van der Waals surface area (Å²) in [6.45, 7) is 2.91. The molecule has 2 aromatic carbocycles. The maximum absolute atomic E-state index is 13.4. The van der Waals surface area contributed by atoms with Crippen molar-refractivity contribution in [1.29, 1.82) is 0 Å². The molecule has 2 heterocycles. The van der Waals surface area contributed by atoms with E-state index in [9.17, 15) is 12.8 Å². The lowest BCUT2D eigenvalue weighted by atomic mass is 9.85. The van der Waals surface area contributed by atoms with Crippen molar-refractivity contribution in [2.75, 3.05) is 26.2 Å². The molecular weight excluding hydrogens is 439 g/mol. The van der Waals surface area contributed by atoms with Gasteiger partial charge in [0.2, 0.25) is 10.0 Å². The van der Waals surface area contributed by atoms with Crippen molar-refractivity contribution < 1.29 is 12.8 Å². The predicted molar refractivity (Wildman–Crippen MR) is 127 cm³/mol. The normalized spacial score (nSPS) is 20.8. The van der Waals surface area contributed by atoms with Gasteiger partial charge in [-0.1, -0.05) is 18.2 Å². The number of rotatable bonds is 4. The summed E-state index contributed by atoms with van der Waals surface area (Å²) in [6, 6.07) is 12.1. The first kappa shape index (κ1) is 22.5. The van der Waals surface area contributed by atoms with Crippen molar-refractivity contribution in [3.05, 3.63) is 65.0 Å². The van der Waals surface area contributed by atoms with Crippen molar-refractivity contribution in [3.63, 3.8) is 0 Å². The average molecular weight is 471 g/mol. The summed E-state index contributed by atoms with van der Waals surface area (Å²) in [7, 11) is -3.52. The third-order valence-electron chi connectivity index (χ3n) is 7.21. The van der Waals surface area contributed by atoms with E-state index in [0.29, 0.717) is 43.9 Å². The zero-order chi connectivity index (χ0) is 22.9. The molecule has 33 heavy (non-hydrogen) atoms. The van der Waals surface area contributed by atoms with Gasteiger partial charge in [-0.05, 0) is 79.5 Å². The van der Waals surface area contributed by atoms with Crippen molar-refractivity contribution in [3.8, 4) is 0 Å². The minimum absolute atomic E-state index is 0.251. The van der Waals surface area contributed by atoms with E-state index in [-0.39, 0.29) is 11.4 Å². The highest BCUT2D eigenvalue weighted by molar-refractivity contribution is 7.89. The van der Waals surface area contributed by atoms with E-state index in [1.54, 1.807) is 22.5 Å². The molecule has 1 saturated heterocycles. The van der Waals surface area contributed by atoms with Crippen LogP contribution in [0.4, 0.5) is 4.39 Å². The van der Waals surface area contributed by atoms with E-state index < -0.39 is 10.0 Å². The third-order valence-corrected chi connectivity index (χ3v) is 9.10. The molecule has 0 atom stereocenters. The van der Waals surface area contributed by atoms with Crippen LogP contribution in [0.25, 0.3) is 0 Å². The Morgan fingerprint density at radius 1 is 1.03 bits per heavy atom. The van der Waals surface area contributed by atoms with Crippen LogP contribution in [-0.4, -0.2) is 50.3 Å². The molecule has 5 rings (SSSR count).